The summed E-state index contributed by atoms with van der Waals surface area (Å²) in [7, 11) is 0. The van der Waals surface area contributed by atoms with E-state index >= 15 is 0 Å². The van der Waals surface area contributed by atoms with Crippen molar-refractivity contribution in [3.8, 4) is 6.01 Å². The maximum Gasteiger partial charge on any atom is 0.322 e. The van der Waals surface area contributed by atoms with Gasteiger partial charge in [-0.25, -0.2) is 0 Å². The molecule has 0 aliphatic rings. The highest BCUT2D eigenvalue weighted by Gasteiger charge is 2.07. The van der Waals surface area contributed by atoms with Gasteiger partial charge in [-0.1, -0.05) is 0 Å². The van der Waals surface area contributed by atoms with Gasteiger partial charge in [-0.2, -0.15) is 15.0 Å². The number of halogens is 1. The topological polar surface area (TPSA) is 103 Å². The van der Waals surface area contributed by atoms with Gasteiger partial charge in [0.1, 0.15) is 0 Å². The van der Waals surface area contributed by atoms with Crippen LogP contribution in [-0.2, 0) is 4.79 Å². The number of nitrogens with zero attached hydrogens (tertiary/aromatic N) is 3. The van der Waals surface area contributed by atoms with Crippen molar-refractivity contribution < 1.29 is 9.53 Å². The van der Waals surface area contributed by atoms with Gasteiger partial charge < -0.3 is 15.8 Å². The Balaban J connectivity index is 2.54. The van der Waals surface area contributed by atoms with Crippen molar-refractivity contribution in [1.82, 2.24) is 15.0 Å². The van der Waals surface area contributed by atoms with Crippen molar-refractivity contribution in [2.45, 2.75) is 32.8 Å². The van der Waals surface area contributed by atoms with Crippen molar-refractivity contribution >= 4 is 23.5 Å². The van der Waals surface area contributed by atoms with Crippen LogP contribution in [0.25, 0.3) is 0 Å². The summed E-state index contributed by atoms with van der Waals surface area (Å²) < 4.78 is 5.32. The summed E-state index contributed by atoms with van der Waals surface area (Å²) in [4.78, 5) is 22.3. The largest absolute Gasteiger partial charge is 0.461 e. The molecular weight excluding hydrogens is 258 g/mol. The zero-order chi connectivity index (χ0) is 13.5. The average molecular weight is 274 g/mol. The fourth-order valence-corrected chi connectivity index (χ4v) is 1.29. The van der Waals surface area contributed by atoms with Crippen LogP contribution in [0.2, 0.25) is 5.28 Å². The third kappa shape index (κ3) is 5.62. The molecule has 7 nitrogen and oxygen atoms in total. The monoisotopic (exact) mass is 273 g/mol. The van der Waals surface area contributed by atoms with Crippen LogP contribution in [-0.4, -0.2) is 33.5 Å². The summed E-state index contributed by atoms with van der Waals surface area (Å²) in [6.07, 6.45) is 0.853. The van der Waals surface area contributed by atoms with Gasteiger partial charge in [0.15, 0.2) is 0 Å². The normalized spacial score (nSPS) is 10.4. The van der Waals surface area contributed by atoms with Crippen LogP contribution >= 0.6 is 11.6 Å². The van der Waals surface area contributed by atoms with E-state index in [4.69, 9.17) is 22.1 Å². The fraction of sp³-hybridized carbons (Fsp3) is 0.600. The molecule has 1 heterocycles. The molecule has 18 heavy (non-hydrogen) atoms. The first-order chi connectivity index (χ1) is 8.47. The minimum atomic E-state index is -0.339. The second-order valence-electron chi connectivity index (χ2n) is 3.87. The first-order valence-electron chi connectivity index (χ1n) is 5.58. The first kappa shape index (κ1) is 14.4. The number of primary amides is 1. The number of hydrogen-bond acceptors (Lipinski definition) is 6. The van der Waals surface area contributed by atoms with E-state index in [1.165, 1.54) is 0 Å². The lowest BCUT2D eigenvalue weighted by Crippen LogP contribution is -2.14. The fourth-order valence-electron chi connectivity index (χ4n) is 1.14. The molecule has 0 fully saturated rings. The number of carbonyl (C=O) groups is 1. The molecule has 0 bridgehead atoms. The second kappa shape index (κ2) is 6.95. The first-order valence-corrected chi connectivity index (χ1v) is 5.95. The molecule has 0 saturated carbocycles. The molecule has 1 amide bonds. The van der Waals surface area contributed by atoms with Gasteiger partial charge in [-0.05, 0) is 31.9 Å². The van der Waals surface area contributed by atoms with Crippen LogP contribution in [0.5, 0.6) is 6.01 Å². The standard InChI is InChI=1S/C10H16ClN5O2/c1-6(2)18-10-15-8(11)14-9(16-10)13-5-3-4-7(12)17/h6H,3-5H2,1-2H3,(H2,12,17)(H,13,14,15,16). The molecule has 0 aromatic carbocycles. The van der Waals surface area contributed by atoms with E-state index in [0.717, 1.165) is 0 Å². The third-order valence-corrected chi connectivity index (χ3v) is 1.98. The molecule has 8 heteroatoms. The van der Waals surface area contributed by atoms with Crippen molar-refractivity contribution in [2.24, 2.45) is 5.73 Å². The zero-order valence-electron chi connectivity index (χ0n) is 10.3. The van der Waals surface area contributed by atoms with Crippen molar-refractivity contribution in [3.63, 3.8) is 0 Å². The lowest BCUT2D eigenvalue weighted by atomic mass is 10.3. The SMILES string of the molecule is CC(C)Oc1nc(Cl)nc(NCCCC(N)=O)n1. The Hall–Kier alpha value is -1.63. The molecule has 0 aliphatic carbocycles. The Bertz CT molecular complexity index is 413. The summed E-state index contributed by atoms with van der Waals surface area (Å²) in [5, 5.41) is 2.97. The minimum Gasteiger partial charge on any atom is -0.461 e. The third-order valence-electron chi connectivity index (χ3n) is 1.81. The van der Waals surface area contributed by atoms with E-state index in [1.54, 1.807) is 0 Å². The molecule has 0 spiro atoms. The molecule has 100 valence electrons. The smallest absolute Gasteiger partial charge is 0.322 e. The number of nitrogens with two attached hydrogens (primary N) is 1. The molecule has 0 saturated heterocycles. The molecule has 1 rings (SSSR count). The molecule has 0 aliphatic heterocycles. The lowest BCUT2D eigenvalue weighted by Gasteiger charge is -2.09. The van der Waals surface area contributed by atoms with Crippen LogP contribution in [0.1, 0.15) is 26.7 Å². The summed E-state index contributed by atoms with van der Waals surface area (Å²) in [6, 6.07) is 0.169. The van der Waals surface area contributed by atoms with Gasteiger partial charge in [0, 0.05) is 13.0 Å². The van der Waals surface area contributed by atoms with E-state index < -0.39 is 0 Å². The maximum atomic E-state index is 10.6. The molecule has 0 unspecified atom stereocenters. The number of rotatable bonds is 7. The quantitative estimate of drug-likeness (QED) is 0.718. The van der Waals surface area contributed by atoms with Crippen LogP contribution in [0.3, 0.4) is 0 Å². The van der Waals surface area contributed by atoms with Crippen LogP contribution in [0.4, 0.5) is 5.95 Å². The number of anilines is 1. The number of carbonyl (C=O) groups excluding carboxylic acids is 1. The second-order valence-corrected chi connectivity index (χ2v) is 4.21. The van der Waals surface area contributed by atoms with E-state index in [1.807, 2.05) is 13.8 Å². The van der Waals surface area contributed by atoms with Crippen molar-refractivity contribution in [1.29, 1.82) is 0 Å². The van der Waals surface area contributed by atoms with Gasteiger partial charge >= 0.3 is 6.01 Å². The van der Waals surface area contributed by atoms with Crippen molar-refractivity contribution in [3.05, 3.63) is 5.28 Å². The van der Waals surface area contributed by atoms with Crippen LogP contribution in [0.15, 0.2) is 0 Å². The Kier molecular flexibility index (Phi) is 5.57. The Morgan fingerprint density at radius 2 is 2.17 bits per heavy atom. The highest BCUT2D eigenvalue weighted by Crippen LogP contribution is 2.12. The predicted octanol–water partition coefficient (Wildman–Crippen LogP) is 0.990. The summed E-state index contributed by atoms with van der Waals surface area (Å²) >= 11 is 5.74. The highest BCUT2D eigenvalue weighted by atomic mass is 35.5. The molecule has 0 radical (unpaired) electrons. The Morgan fingerprint density at radius 3 is 2.78 bits per heavy atom. The van der Waals surface area contributed by atoms with Gasteiger partial charge in [-0.3, -0.25) is 4.79 Å². The number of nitrogens with one attached hydrogen (secondary N) is 1. The number of hydrogen-bond donors (Lipinski definition) is 2. The molecule has 3 N–H and O–H groups in total. The minimum absolute atomic E-state index is 0.0498. The zero-order valence-corrected chi connectivity index (χ0v) is 11.1. The van der Waals surface area contributed by atoms with E-state index in [0.29, 0.717) is 25.3 Å². The maximum absolute atomic E-state index is 10.6. The number of amides is 1. The Labute approximate surface area is 110 Å². The van der Waals surface area contributed by atoms with Crippen molar-refractivity contribution in [2.75, 3.05) is 11.9 Å². The van der Waals surface area contributed by atoms with Crippen LogP contribution in [0, 0.1) is 0 Å². The van der Waals surface area contributed by atoms with Gasteiger partial charge in [-0.15, -0.1) is 0 Å². The Morgan fingerprint density at radius 1 is 1.44 bits per heavy atom. The van der Waals surface area contributed by atoms with Crippen LogP contribution < -0.4 is 15.8 Å². The van der Waals surface area contributed by atoms with E-state index in [2.05, 4.69) is 20.3 Å². The summed E-state index contributed by atoms with van der Waals surface area (Å²) in [6.45, 7) is 4.24. The van der Waals surface area contributed by atoms with Gasteiger partial charge in [0.25, 0.3) is 0 Å². The molecule has 0 atom stereocenters. The summed E-state index contributed by atoms with van der Waals surface area (Å²) in [5.41, 5.74) is 5.03. The van der Waals surface area contributed by atoms with Gasteiger partial charge in [0.2, 0.25) is 17.1 Å². The lowest BCUT2D eigenvalue weighted by molar-refractivity contribution is -0.118. The highest BCUT2D eigenvalue weighted by molar-refractivity contribution is 6.28. The predicted molar refractivity (Wildman–Crippen MR) is 67.5 cm³/mol. The molecular formula is C10H16ClN5O2. The number of aromatic nitrogens is 3. The molecule has 1 aromatic rings. The van der Waals surface area contributed by atoms with E-state index in [9.17, 15) is 4.79 Å². The summed E-state index contributed by atoms with van der Waals surface area (Å²) in [5.74, 6) is -0.0237. The molecule has 1 aromatic heterocycles. The van der Waals surface area contributed by atoms with Gasteiger partial charge in [0.05, 0.1) is 6.10 Å². The number of ether oxygens (including phenoxy) is 1. The van der Waals surface area contributed by atoms with E-state index in [-0.39, 0.29) is 23.3 Å². The average Bonchev–Trinajstić information content (AvgIpc) is 2.22.